The monoisotopic (exact) mass is 1550 g/mol. The molecule has 4 aromatic rings. The molecule has 3 radical (unpaired) electrons. The molecule has 8 N–H and O–H groups in total. The molecule has 33 heteroatoms. The van der Waals surface area contributed by atoms with Gasteiger partial charge in [0.1, 0.15) is 114 Å². The number of benzene rings is 4. The Bertz CT molecular complexity index is 4100. The van der Waals surface area contributed by atoms with Gasteiger partial charge in [0.2, 0.25) is 0 Å². The van der Waals surface area contributed by atoms with Crippen LogP contribution in [-0.2, 0) is 113 Å². The zero-order chi connectivity index (χ0) is 78.0. The molecule has 0 amide bonds. The van der Waals surface area contributed by atoms with Crippen molar-refractivity contribution < 1.29 is 140 Å². The van der Waals surface area contributed by atoms with Crippen molar-refractivity contribution in [1.82, 2.24) is 0 Å². The first-order valence-corrected chi connectivity index (χ1v) is 38.3. The summed E-state index contributed by atoms with van der Waals surface area (Å²) in [6, 6.07) is 0. The van der Waals surface area contributed by atoms with Gasteiger partial charge in [-0.25, -0.2) is 19.2 Å². The first-order chi connectivity index (χ1) is 48.7. The lowest BCUT2D eigenvalue weighted by Crippen LogP contribution is -2.12. The Kier molecular flexibility index (Phi) is 36.0. The van der Waals surface area contributed by atoms with Gasteiger partial charge in [-0.2, -0.15) is 0 Å². The summed E-state index contributed by atoms with van der Waals surface area (Å²) in [5, 5.41) is 51.1. The fourth-order valence-corrected chi connectivity index (χ4v) is 14.7. The van der Waals surface area contributed by atoms with Crippen molar-refractivity contribution in [2.24, 2.45) is 0 Å². The summed E-state index contributed by atoms with van der Waals surface area (Å²) in [4.78, 5) is 74.6. The predicted octanol–water partition coefficient (Wildman–Crippen LogP) is 12.7. The number of hydrogen-bond acceptors (Lipinski definition) is 26. The third kappa shape index (κ3) is 24.2. The van der Waals surface area contributed by atoms with Crippen molar-refractivity contribution in [3.05, 3.63) is 136 Å². The number of hydrogen-bond donors (Lipinski definition) is 8. The van der Waals surface area contributed by atoms with E-state index in [0.717, 1.165) is 44.5 Å². The van der Waals surface area contributed by atoms with E-state index >= 15 is 0 Å². The highest BCUT2D eigenvalue weighted by Crippen LogP contribution is 2.51. The van der Waals surface area contributed by atoms with Crippen molar-refractivity contribution in [1.29, 1.82) is 0 Å². The number of aliphatic hydroxyl groups excluding tert-OH is 1. The van der Waals surface area contributed by atoms with Crippen LogP contribution in [0.5, 0.6) is 46.0 Å². The summed E-state index contributed by atoms with van der Waals surface area (Å²) in [5.41, 5.74) is 11.5. The molecule has 0 aromatic heterocycles. The van der Waals surface area contributed by atoms with E-state index in [1.54, 1.807) is 87.5 Å². The summed E-state index contributed by atoms with van der Waals surface area (Å²) >= 11 is 0. The maximum absolute atomic E-state index is 12.8. The van der Waals surface area contributed by atoms with Gasteiger partial charge < -0.3 is 106 Å². The normalized spacial score (nSPS) is 14.5. The average Bonchev–Trinajstić information content (AvgIpc) is 1.72. The predicted molar refractivity (Wildman–Crippen MR) is 396 cm³/mol. The third-order valence-corrected chi connectivity index (χ3v) is 20.1. The largest absolute Gasteiger partial charge is 0.507 e. The first kappa shape index (κ1) is 92.7. The van der Waals surface area contributed by atoms with Crippen LogP contribution in [0, 0.1) is 27.7 Å². The summed E-state index contributed by atoms with van der Waals surface area (Å²) in [6.45, 7) is 25.8. The summed E-state index contributed by atoms with van der Waals surface area (Å²) in [7, 11) is -5.32. The maximum Gasteiger partial charge on any atom is 0.356 e. The highest BCUT2D eigenvalue weighted by molar-refractivity contribution is 7.53. The number of aromatic hydroxyl groups is 4. The van der Waals surface area contributed by atoms with Crippen molar-refractivity contribution in [2.45, 2.75) is 175 Å². The molecule has 1 atom stereocenters. The van der Waals surface area contributed by atoms with E-state index in [0.29, 0.717) is 86.8 Å². The van der Waals surface area contributed by atoms with Crippen LogP contribution in [0.1, 0.15) is 186 Å². The van der Waals surface area contributed by atoms with Gasteiger partial charge in [0, 0.05) is 54.3 Å². The van der Waals surface area contributed by atoms with Gasteiger partial charge in [0.05, 0.1) is 73.2 Å². The molecule has 1 unspecified atom stereocenters. The Morgan fingerprint density at radius 1 is 0.434 bits per heavy atom. The molecule has 589 valence electrons. The highest BCUT2D eigenvalue weighted by atomic mass is 31.2. The van der Waals surface area contributed by atoms with Gasteiger partial charge in [-0.15, -0.1) is 0 Å². The van der Waals surface area contributed by atoms with E-state index in [1.165, 1.54) is 28.4 Å². The second-order valence-corrected chi connectivity index (χ2v) is 30.9. The SMILES string of the molecule is C.COc1c(C)c2c(c(O)c1C/C=C(\C)CO)C(=O)OC2.COc1c(C)c2c(c(O)c1C/C=C(\C)COCP(=O)(O)O)C(=O)OC2.COc1c(C)c2c(c(O)c1C/C=C(\C)COCP(=O)(O)OC(C)C)C(=O)OC2.COc1c(C)c2c(c(O)c1C/C=C(\C)COCP(=O)(OC(C)C)OC(C)C)C(=O)OC2.[2HH].[B]. The van der Waals surface area contributed by atoms with Gasteiger partial charge in [-0.1, -0.05) is 54.0 Å². The molecular weight excluding hydrogens is 1440 g/mol. The molecule has 4 aromatic carbocycles. The van der Waals surface area contributed by atoms with E-state index in [2.05, 4.69) is 0 Å². The fourth-order valence-electron chi connectivity index (χ4n) is 11.5. The standard InChI is InChI=1S/C22H33O8P.C19H27O8P.C16H21O8P.C15H18O5.CH4.B.H2/c1-13(2)29-31(25,30-14(3)4)12-27-10-15(5)8-9-17-20(23)19-18(11-28-22(19)24)16(6)21(17)26-7;1-11(2)27-28(22,23)10-25-8-12(3)6-7-14-17(20)16-15(9-26-19(16)21)13(4)18(14)24-5;1-9(6-23-8-25(19,20)21)4-5-11-14(17)13-12(7-24-16(13)18)10(2)15(11)22-3;1-8(6-16)4-5-10-13(17)12-11(7-20-15(12)18)9(2)14(10)19-3;;;/h8,13-14,23H,9-12H2,1-7H3;6,11,20H,7-10H2,1-5H3,(H,22,23);4,17H,5-8H2,1-3H3,(H2,19,20,21);4,16-17H,5-7H2,1-3H3;1H4;;1H/b15-8+;12-6+;9-4+;8-4+;;;/i;;;;;;1+1. The molecule has 106 heavy (non-hydrogen) atoms. The minimum atomic E-state index is -4.20. The summed E-state index contributed by atoms with van der Waals surface area (Å²) in [5.74, 6) is -0.604. The number of aliphatic hydroxyl groups is 1. The number of carbonyl (C=O) groups is 4. The second-order valence-electron chi connectivity index (χ2n) is 25.6. The van der Waals surface area contributed by atoms with E-state index in [1.807, 2.05) is 33.8 Å². The number of phenolic OH excluding ortho intramolecular Hbond substituents is 4. The maximum atomic E-state index is 12.8. The lowest BCUT2D eigenvalue weighted by Gasteiger charge is -2.22. The minimum absolute atomic E-state index is 0. The lowest BCUT2D eigenvalue weighted by atomic mass is 9.95. The lowest BCUT2D eigenvalue weighted by molar-refractivity contribution is 0.0523. The molecule has 0 aliphatic carbocycles. The van der Waals surface area contributed by atoms with Crippen LogP contribution in [0.2, 0.25) is 0 Å². The quantitative estimate of drug-likeness (QED) is 0.00762. The number of allylic oxidation sites excluding steroid dienone is 4. The average molecular weight is 1550 g/mol. The summed E-state index contributed by atoms with van der Waals surface area (Å²) < 4.78 is 109. The van der Waals surface area contributed by atoms with E-state index in [-0.39, 0.29) is 146 Å². The van der Waals surface area contributed by atoms with Crippen LogP contribution < -0.4 is 18.9 Å². The molecule has 4 aliphatic heterocycles. The van der Waals surface area contributed by atoms with Gasteiger partial charge in [-0.05, 0) is 145 Å². The van der Waals surface area contributed by atoms with Gasteiger partial charge >= 0.3 is 46.7 Å². The smallest absolute Gasteiger partial charge is 0.356 e. The van der Waals surface area contributed by atoms with Gasteiger partial charge in [0.25, 0.3) is 0 Å². The molecule has 29 nitrogen and oxygen atoms in total. The van der Waals surface area contributed by atoms with Crippen LogP contribution in [0.4, 0.5) is 0 Å². The Morgan fingerprint density at radius 3 is 0.915 bits per heavy atom. The van der Waals surface area contributed by atoms with Crippen molar-refractivity contribution in [2.75, 3.05) is 73.9 Å². The Balaban J connectivity index is 0.000000485. The van der Waals surface area contributed by atoms with Gasteiger partial charge in [0.15, 0.2) is 0 Å². The van der Waals surface area contributed by atoms with Crippen LogP contribution in [0.3, 0.4) is 0 Å². The van der Waals surface area contributed by atoms with E-state index in [4.69, 9.17) is 80.6 Å². The molecule has 0 fully saturated rings. The number of rotatable bonds is 31. The van der Waals surface area contributed by atoms with Crippen molar-refractivity contribution in [3.8, 4) is 46.0 Å². The molecule has 0 saturated carbocycles. The topological polar surface area (TPSA) is 411 Å². The number of esters is 4. The fraction of sp³-hybridized carbons (Fsp3) is 0.507. The molecule has 0 spiro atoms. The zero-order valence-electron chi connectivity index (χ0n) is 62.7. The Morgan fingerprint density at radius 2 is 0.679 bits per heavy atom. The number of cyclic esters (lactones) is 4. The molecular formula is C73H105BO29P3. The molecule has 4 heterocycles. The van der Waals surface area contributed by atoms with Crippen LogP contribution in [0.15, 0.2) is 46.6 Å². The van der Waals surface area contributed by atoms with E-state index < -0.39 is 59.4 Å². The number of ether oxygens (including phenoxy) is 11. The zero-order valence-corrected chi connectivity index (χ0v) is 65.4. The highest BCUT2D eigenvalue weighted by Gasteiger charge is 2.37. The van der Waals surface area contributed by atoms with E-state index in [9.17, 15) is 58.2 Å². The van der Waals surface area contributed by atoms with Crippen LogP contribution in [0.25, 0.3) is 0 Å². The molecule has 0 saturated heterocycles. The van der Waals surface area contributed by atoms with Crippen LogP contribution >= 0.6 is 22.8 Å². The van der Waals surface area contributed by atoms with Crippen molar-refractivity contribution in [3.63, 3.8) is 0 Å². The van der Waals surface area contributed by atoms with Gasteiger partial charge in [-0.3, -0.25) is 13.7 Å². The molecule has 8 rings (SSSR count). The second kappa shape index (κ2) is 41.2. The Labute approximate surface area is 623 Å². The summed E-state index contributed by atoms with van der Waals surface area (Å²) in [6.07, 6.45) is 6.36. The minimum Gasteiger partial charge on any atom is -0.507 e. The molecule has 4 aliphatic rings. The van der Waals surface area contributed by atoms with Crippen molar-refractivity contribution >= 4 is 55.1 Å². The van der Waals surface area contributed by atoms with Crippen LogP contribution in [-0.4, -0.2) is 165 Å². The molecule has 0 bridgehead atoms. The first-order valence-electron chi connectivity index (χ1n) is 33.0. The number of fused-ring (bicyclic) bond motifs is 4. The Hall–Kier alpha value is -7.53. The number of carbonyl (C=O) groups excluding carboxylic acids is 4. The number of methoxy groups -OCH3 is 4. The third-order valence-electron chi connectivity index (χ3n) is 16.3. The number of phenols is 4.